The first-order valence-corrected chi connectivity index (χ1v) is 12.8. The quantitative estimate of drug-likeness (QED) is 0.169. The van der Waals surface area contributed by atoms with E-state index in [-0.39, 0.29) is 17.1 Å². The van der Waals surface area contributed by atoms with Gasteiger partial charge in [0, 0.05) is 5.56 Å². The number of aromatic hydroxyl groups is 1. The van der Waals surface area contributed by atoms with Crippen LogP contribution in [0.15, 0.2) is 90.5 Å². The summed E-state index contributed by atoms with van der Waals surface area (Å²) in [5.41, 5.74) is 2.91. The fourth-order valence-corrected chi connectivity index (χ4v) is 5.91. The third-order valence-corrected chi connectivity index (χ3v) is 7.77. The van der Waals surface area contributed by atoms with Crippen molar-refractivity contribution >= 4 is 54.9 Å². The summed E-state index contributed by atoms with van der Waals surface area (Å²) in [4.78, 5) is 33.1. The number of aliphatic hydroxyl groups excluding tert-OH is 1. The molecule has 1 aliphatic rings. The number of ketones is 1. The molecule has 1 aliphatic heterocycles. The first-order valence-electron chi connectivity index (χ1n) is 11.9. The molecule has 37 heavy (non-hydrogen) atoms. The first kappa shape index (κ1) is 22.9. The molecule has 4 aromatic carbocycles. The molecule has 5 aromatic rings. The predicted octanol–water partition coefficient (Wildman–Crippen LogP) is 6.34. The fraction of sp³-hybridized carbons (Fsp3) is 0.100. The lowest BCUT2D eigenvalue weighted by Crippen LogP contribution is -2.29. The SMILES string of the molecule is CCc1ccc2nc(N3C(=O)C(=O)/C(=C(/O)c4cccc5ccccc45)C3c3ccc(O)cc3)sc2c1. The topological polar surface area (TPSA) is 90.7 Å². The number of aromatic nitrogens is 1. The minimum absolute atomic E-state index is 0.0134. The Balaban J connectivity index is 1.59. The molecule has 2 N–H and O–H groups in total. The average Bonchev–Trinajstić information content (AvgIpc) is 3.46. The number of rotatable bonds is 4. The van der Waals surface area contributed by atoms with Gasteiger partial charge in [0.25, 0.3) is 5.78 Å². The number of fused-ring (bicyclic) bond motifs is 2. The smallest absolute Gasteiger partial charge is 0.301 e. The molecule has 6 nitrogen and oxygen atoms in total. The second-order valence-electron chi connectivity index (χ2n) is 8.94. The lowest BCUT2D eigenvalue weighted by Gasteiger charge is -2.23. The number of aryl methyl sites for hydroxylation is 1. The molecule has 1 atom stereocenters. The zero-order chi connectivity index (χ0) is 25.7. The van der Waals surface area contributed by atoms with Gasteiger partial charge in [-0.2, -0.15) is 0 Å². The summed E-state index contributed by atoms with van der Waals surface area (Å²) in [6.07, 6.45) is 0.867. The van der Waals surface area contributed by atoms with Crippen LogP contribution in [-0.2, 0) is 16.0 Å². The van der Waals surface area contributed by atoms with E-state index in [0.717, 1.165) is 33.0 Å². The van der Waals surface area contributed by atoms with Crippen LogP contribution in [0.2, 0.25) is 0 Å². The highest BCUT2D eigenvalue weighted by molar-refractivity contribution is 7.22. The normalized spacial score (nSPS) is 17.2. The lowest BCUT2D eigenvalue weighted by atomic mass is 9.93. The van der Waals surface area contributed by atoms with Gasteiger partial charge in [-0.3, -0.25) is 14.5 Å². The number of anilines is 1. The maximum absolute atomic E-state index is 13.5. The molecule has 0 saturated carbocycles. The number of phenolic OH excluding ortho intramolecular Hbond substituents is 1. The van der Waals surface area contributed by atoms with Crippen LogP contribution in [0.1, 0.15) is 29.7 Å². The second kappa shape index (κ2) is 8.87. The van der Waals surface area contributed by atoms with Gasteiger partial charge in [-0.25, -0.2) is 4.98 Å². The Kier molecular flexibility index (Phi) is 5.50. The van der Waals surface area contributed by atoms with Crippen molar-refractivity contribution in [2.75, 3.05) is 4.90 Å². The molecule has 1 amide bonds. The summed E-state index contributed by atoms with van der Waals surface area (Å²) in [6, 6.07) is 24.4. The summed E-state index contributed by atoms with van der Waals surface area (Å²) in [5.74, 6) is -1.72. The number of hydrogen-bond acceptors (Lipinski definition) is 6. The maximum Gasteiger partial charge on any atom is 0.301 e. The van der Waals surface area contributed by atoms with Gasteiger partial charge in [0.15, 0.2) is 5.13 Å². The third-order valence-electron chi connectivity index (χ3n) is 6.75. The Bertz CT molecular complexity index is 1730. The largest absolute Gasteiger partial charge is 0.508 e. The Labute approximate surface area is 216 Å². The van der Waals surface area contributed by atoms with E-state index in [1.165, 1.54) is 28.4 Å². The summed E-state index contributed by atoms with van der Waals surface area (Å²) in [5, 5.41) is 23.5. The summed E-state index contributed by atoms with van der Waals surface area (Å²) < 4.78 is 0.912. The van der Waals surface area contributed by atoms with Crippen LogP contribution in [0.4, 0.5) is 5.13 Å². The van der Waals surface area contributed by atoms with Crippen LogP contribution >= 0.6 is 11.3 Å². The third kappa shape index (κ3) is 3.75. The molecule has 1 unspecified atom stereocenters. The summed E-state index contributed by atoms with van der Waals surface area (Å²) >= 11 is 1.33. The van der Waals surface area contributed by atoms with Crippen molar-refractivity contribution in [3.8, 4) is 5.75 Å². The van der Waals surface area contributed by atoms with Crippen molar-refractivity contribution < 1.29 is 19.8 Å². The van der Waals surface area contributed by atoms with Crippen LogP contribution in [-0.4, -0.2) is 26.9 Å². The van der Waals surface area contributed by atoms with Crippen molar-refractivity contribution in [3.05, 3.63) is 107 Å². The standard InChI is InChI=1S/C30H22N2O4S/c1-2-17-10-15-23-24(16-17)37-30(31-23)32-26(19-11-13-20(33)14-12-19)25(28(35)29(32)36)27(34)22-9-5-7-18-6-3-4-8-21(18)22/h3-16,26,33-34H,2H2,1H3/b27-25+. The Morgan fingerprint density at radius 2 is 1.73 bits per heavy atom. The van der Waals surface area contributed by atoms with Crippen LogP contribution in [0, 0.1) is 0 Å². The van der Waals surface area contributed by atoms with Crippen LogP contribution in [0.3, 0.4) is 0 Å². The Hall–Kier alpha value is -4.49. The maximum atomic E-state index is 13.5. The van der Waals surface area contributed by atoms with Crippen LogP contribution in [0.5, 0.6) is 5.75 Å². The first-order chi connectivity index (χ1) is 18.0. The van der Waals surface area contributed by atoms with E-state index in [9.17, 15) is 19.8 Å². The van der Waals surface area contributed by atoms with Gasteiger partial charge in [-0.1, -0.05) is 78.9 Å². The number of hydrogen-bond donors (Lipinski definition) is 2. The van der Waals surface area contributed by atoms with E-state index in [4.69, 9.17) is 0 Å². The van der Waals surface area contributed by atoms with E-state index in [1.807, 2.05) is 54.6 Å². The van der Waals surface area contributed by atoms with Crippen LogP contribution < -0.4 is 4.90 Å². The van der Waals surface area contributed by atoms with Gasteiger partial charge in [0.1, 0.15) is 11.5 Å². The highest BCUT2D eigenvalue weighted by Crippen LogP contribution is 2.45. The fourth-order valence-electron chi connectivity index (χ4n) is 4.86. The average molecular weight is 507 g/mol. The zero-order valence-electron chi connectivity index (χ0n) is 19.9. The van der Waals surface area contributed by atoms with Crippen molar-refractivity contribution in [1.82, 2.24) is 4.98 Å². The number of nitrogens with zero attached hydrogens (tertiary/aromatic N) is 2. The number of benzene rings is 4. The van der Waals surface area contributed by atoms with E-state index in [2.05, 4.69) is 11.9 Å². The number of carbonyl (C=O) groups excluding carboxylic acids is 2. The molecule has 2 heterocycles. The highest BCUT2D eigenvalue weighted by Gasteiger charge is 2.48. The zero-order valence-corrected chi connectivity index (χ0v) is 20.7. The van der Waals surface area contributed by atoms with Crippen molar-refractivity contribution in [3.63, 3.8) is 0 Å². The molecule has 6 rings (SSSR count). The molecule has 1 fully saturated rings. The number of carbonyl (C=O) groups is 2. The van der Waals surface area contributed by atoms with Crippen molar-refractivity contribution in [1.29, 1.82) is 0 Å². The molecule has 7 heteroatoms. The molecule has 1 saturated heterocycles. The molecule has 0 spiro atoms. The number of thiazole rings is 1. The van der Waals surface area contributed by atoms with Gasteiger partial charge in [-0.15, -0.1) is 0 Å². The van der Waals surface area contributed by atoms with Gasteiger partial charge in [0.05, 0.1) is 21.8 Å². The molecule has 0 aliphatic carbocycles. The second-order valence-corrected chi connectivity index (χ2v) is 9.95. The van der Waals surface area contributed by atoms with Gasteiger partial charge in [0.2, 0.25) is 0 Å². The molecule has 0 radical (unpaired) electrons. The Morgan fingerprint density at radius 1 is 0.973 bits per heavy atom. The van der Waals surface area contributed by atoms with E-state index in [0.29, 0.717) is 16.3 Å². The molecular formula is C30H22N2O4S. The van der Waals surface area contributed by atoms with Gasteiger partial charge >= 0.3 is 5.91 Å². The van der Waals surface area contributed by atoms with Crippen molar-refractivity contribution in [2.24, 2.45) is 0 Å². The monoisotopic (exact) mass is 506 g/mol. The number of Topliss-reactive ketones (excluding diaryl/α,β-unsaturated/α-hetero) is 1. The minimum Gasteiger partial charge on any atom is -0.508 e. The van der Waals surface area contributed by atoms with E-state index in [1.54, 1.807) is 18.2 Å². The molecule has 0 bridgehead atoms. The molecular weight excluding hydrogens is 484 g/mol. The minimum atomic E-state index is -0.911. The Morgan fingerprint density at radius 3 is 2.51 bits per heavy atom. The van der Waals surface area contributed by atoms with Gasteiger partial charge < -0.3 is 10.2 Å². The van der Waals surface area contributed by atoms with Gasteiger partial charge in [-0.05, 0) is 52.6 Å². The molecule has 1 aromatic heterocycles. The summed E-state index contributed by atoms with van der Waals surface area (Å²) in [7, 11) is 0. The number of amides is 1. The number of aliphatic hydroxyl groups is 1. The van der Waals surface area contributed by atoms with Crippen molar-refractivity contribution in [2.45, 2.75) is 19.4 Å². The van der Waals surface area contributed by atoms with E-state index >= 15 is 0 Å². The van der Waals surface area contributed by atoms with E-state index < -0.39 is 17.7 Å². The predicted molar refractivity (Wildman–Crippen MR) is 146 cm³/mol. The number of phenols is 1. The summed E-state index contributed by atoms with van der Waals surface area (Å²) in [6.45, 7) is 2.07. The van der Waals surface area contributed by atoms with Crippen LogP contribution in [0.25, 0.3) is 26.7 Å². The highest BCUT2D eigenvalue weighted by atomic mass is 32.1. The lowest BCUT2D eigenvalue weighted by molar-refractivity contribution is -0.132. The molecule has 182 valence electrons.